The molecule has 1 atom stereocenters. The van der Waals surface area contributed by atoms with Crippen LogP contribution >= 0.6 is 11.3 Å². The normalized spacial score (nSPS) is 17.6. The maximum absolute atomic E-state index is 13.3. The van der Waals surface area contributed by atoms with Crippen LogP contribution in [0.3, 0.4) is 0 Å². The number of nitrogens with one attached hydrogen (secondary N) is 4. The van der Waals surface area contributed by atoms with Crippen LogP contribution in [-0.2, 0) is 27.2 Å². The zero-order valence-corrected chi connectivity index (χ0v) is 23.8. The van der Waals surface area contributed by atoms with E-state index >= 15 is 0 Å². The van der Waals surface area contributed by atoms with Gasteiger partial charge in [-0.3, -0.25) is 24.2 Å². The standard InChI is InChI=1S/C29H35N7O4S/c1-20-34-23(19-41-20)18-27(38)36-14-5-8-26(37)32-12-11-30-22-9-10-31-24(17-22)29(40)35-25(28(39)33-13-15-36)16-21-6-3-2-4-7-21/h2-4,6-7,9-10,17,19,25,30H,5,8,11-16,18H2,1H3,(H,32,37)(H,33,39)(H,35,40)/t25-/m0/s1. The number of aryl methyl sites for hydroxylation is 1. The van der Waals surface area contributed by atoms with Crippen molar-refractivity contribution in [3.05, 3.63) is 76.0 Å². The molecule has 1 aliphatic rings. The van der Waals surface area contributed by atoms with Crippen molar-refractivity contribution in [1.29, 1.82) is 0 Å². The second-order valence-electron chi connectivity index (χ2n) is 9.73. The van der Waals surface area contributed by atoms with E-state index in [0.717, 1.165) is 10.6 Å². The Morgan fingerprint density at radius 3 is 2.61 bits per heavy atom. The summed E-state index contributed by atoms with van der Waals surface area (Å²) in [5.41, 5.74) is 2.43. The number of carbonyl (C=O) groups excluding carboxylic acids is 4. The molecule has 1 aliphatic heterocycles. The Balaban J connectivity index is 1.50. The highest BCUT2D eigenvalue weighted by molar-refractivity contribution is 7.09. The third-order valence-electron chi connectivity index (χ3n) is 6.54. The Hall–Kier alpha value is -4.32. The number of fused-ring (bicyclic) bond motifs is 2. The van der Waals surface area contributed by atoms with Crippen LogP contribution in [0.5, 0.6) is 0 Å². The van der Waals surface area contributed by atoms with E-state index in [1.165, 1.54) is 17.5 Å². The molecule has 2 bridgehead atoms. The predicted molar refractivity (Wildman–Crippen MR) is 157 cm³/mol. The zero-order chi connectivity index (χ0) is 29.0. The molecular weight excluding hydrogens is 542 g/mol. The number of carbonyl (C=O) groups is 4. The first kappa shape index (κ1) is 29.7. The van der Waals surface area contributed by atoms with Gasteiger partial charge in [0.25, 0.3) is 5.91 Å². The molecular formula is C29H35N7O4S. The molecule has 0 fully saturated rings. The van der Waals surface area contributed by atoms with Gasteiger partial charge in [0, 0.05) is 62.8 Å². The molecule has 11 nitrogen and oxygen atoms in total. The van der Waals surface area contributed by atoms with E-state index in [9.17, 15) is 19.2 Å². The number of hydrogen-bond acceptors (Lipinski definition) is 8. The van der Waals surface area contributed by atoms with Crippen molar-refractivity contribution in [1.82, 2.24) is 30.8 Å². The van der Waals surface area contributed by atoms with Crippen molar-refractivity contribution in [3.8, 4) is 0 Å². The lowest BCUT2D eigenvalue weighted by Crippen LogP contribution is -2.50. The molecule has 4 N–H and O–H groups in total. The number of amides is 4. The van der Waals surface area contributed by atoms with Gasteiger partial charge in [0.2, 0.25) is 17.7 Å². The monoisotopic (exact) mass is 577 g/mol. The van der Waals surface area contributed by atoms with Gasteiger partial charge in [0.05, 0.1) is 17.1 Å². The molecule has 2 aromatic heterocycles. The van der Waals surface area contributed by atoms with E-state index < -0.39 is 11.9 Å². The fraction of sp³-hybridized carbons (Fsp3) is 0.379. The predicted octanol–water partition coefficient (Wildman–Crippen LogP) is 1.70. The first-order valence-corrected chi connectivity index (χ1v) is 14.5. The fourth-order valence-electron chi connectivity index (χ4n) is 4.44. The number of anilines is 1. The SMILES string of the molecule is Cc1nc(CC(=O)N2CCCC(=O)NCCNc3ccnc(c3)C(=O)N[C@@H](Cc3ccccc3)C(=O)NCC2)cs1. The Kier molecular flexibility index (Phi) is 10.8. The van der Waals surface area contributed by atoms with Crippen molar-refractivity contribution in [3.63, 3.8) is 0 Å². The van der Waals surface area contributed by atoms with Gasteiger partial charge in [-0.1, -0.05) is 30.3 Å². The smallest absolute Gasteiger partial charge is 0.270 e. The third kappa shape index (κ3) is 9.38. The lowest BCUT2D eigenvalue weighted by molar-refractivity contribution is -0.131. The third-order valence-corrected chi connectivity index (χ3v) is 7.36. The first-order chi connectivity index (χ1) is 19.9. The van der Waals surface area contributed by atoms with Crippen molar-refractivity contribution in [2.24, 2.45) is 0 Å². The number of benzene rings is 1. The van der Waals surface area contributed by atoms with E-state index in [1.807, 2.05) is 42.6 Å². The number of thiazole rings is 1. The highest BCUT2D eigenvalue weighted by Crippen LogP contribution is 2.11. The summed E-state index contributed by atoms with van der Waals surface area (Å²) >= 11 is 1.48. The molecule has 1 aromatic carbocycles. The lowest BCUT2D eigenvalue weighted by Gasteiger charge is -2.24. The molecule has 41 heavy (non-hydrogen) atoms. The van der Waals surface area contributed by atoms with Crippen molar-refractivity contribution >= 4 is 40.7 Å². The fourth-order valence-corrected chi connectivity index (χ4v) is 5.05. The van der Waals surface area contributed by atoms with Crippen LogP contribution in [0.4, 0.5) is 5.69 Å². The molecule has 0 saturated carbocycles. The summed E-state index contributed by atoms with van der Waals surface area (Å²) in [6.07, 6.45) is 2.70. The van der Waals surface area contributed by atoms with Gasteiger partial charge in [0.15, 0.2) is 0 Å². The molecule has 3 aromatic rings. The van der Waals surface area contributed by atoms with Gasteiger partial charge in [-0.05, 0) is 31.0 Å². The number of aromatic nitrogens is 2. The lowest BCUT2D eigenvalue weighted by atomic mass is 10.0. The Morgan fingerprint density at radius 1 is 1.02 bits per heavy atom. The second kappa shape index (κ2) is 14.9. The van der Waals surface area contributed by atoms with Crippen LogP contribution in [0, 0.1) is 6.92 Å². The summed E-state index contributed by atoms with van der Waals surface area (Å²) in [7, 11) is 0. The van der Waals surface area contributed by atoms with Gasteiger partial charge in [0.1, 0.15) is 11.7 Å². The highest BCUT2D eigenvalue weighted by Gasteiger charge is 2.23. The Morgan fingerprint density at radius 2 is 1.83 bits per heavy atom. The maximum Gasteiger partial charge on any atom is 0.270 e. The van der Waals surface area contributed by atoms with Crippen LogP contribution in [0.15, 0.2) is 54.0 Å². The second-order valence-corrected chi connectivity index (χ2v) is 10.8. The number of nitrogens with zero attached hydrogens (tertiary/aromatic N) is 3. The van der Waals surface area contributed by atoms with Crippen LogP contribution in [0.2, 0.25) is 0 Å². The van der Waals surface area contributed by atoms with Crippen molar-refractivity contribution in [2.75, 3.05) is 38.0 Å². The largest absolute Gasteiger partial charge is 0.383 e. The average molecular weight is 578 g/mol. The molecule has 0 spiro atoms. The molecule has 0 aliphatic carbocycles. The molecule has 216 valence electrons. The molecule has 0 radical (unpaired) electrons. The molecule has 12 heteroatoms. The topological polar surface area (TPSA) is 145 Å². The van der Waals surface area contributed by atoms with Gasteiger partial charge >= 0.3 is 0 Å². The number of rotatable bonds is 4. The molecule has 0 unspecified atom stereocenters. The summed E-state index contributed by atoms with van der Waals surface area (Å²) < 4.78 is 0. The van der Waals surface area contributed by atoms with E-state index in [4.69, 9.17) is 0 Å². The van der Waals surface area contributed by atoms with E-state index in [1.54, 1.807) is 17.0 Å². The van der Waals surface area contributed by atoms with E-state index in [2.05, 4.69) is 31.2 Å². The quantitative estimate of drug-likeness (QED) is 0.369. The molecule has 3 heterocycles. The van der Waals surface area contributed by atoms with Crippen molar-refractivity contribution < 1.29 is 19.2 Å². The summed E-state index contributed by atoms with van der Waals surface area (Å²) in [6.45, 7) is 3.55. The van der Waals surface area contributed by atoms with Gasteiger partial charge < -0.3 is 26.2 Å². The minimum atomic E-state index is -0.852. The van der Waals surface area contributed by atoms with Crippen LogP contribution in [0.25, 0.3) is 0 Å². The molecule has 0 saturated heterocycles. The maximum atomic E-state index is 13.3. The molecule has 4 amide bonds. The van der Waals surface area contributed by atoms with E-state index in [-0.39, 0.29) is 55.8 Å². The minimum Gasteiger partial charge on any atom is -0.383 e. The van der Waals surface area contributed by atoms with Gasteiger partial charge in [-0.2, -0.15) is 0 Å². The summed E-state index contributed by atoms with van der Waals surface area (Å²) in [4.78, 5) is 62.2. The van der Waals surface area contributed by atoms with Crippen LogP contribution < -0.4 is 21.3 Å². The average Bonchev–Trinajstić information content (AvgIpc) is 3.38. The Bertz CT molecular complexity index is 1350. The highest BCUT2D eigenvalue weighted by atomic mass is 32.1. The van der Waals surface area contributed by atoms with Crippen LogP contribution in [-0.4, -0.2) is 77.3 Å². The van der Waals surface area contributed by atoms with Gasteiger partial charge in [-0.15, -0.1) is 11.3 Å². The Labute approximate surface area is 243 Å². The van der Waals surface area contributed by atoms with E-state index in [0.29, 0.717) is 37.4 Å². The number of pyridine rings is 1. The van der Waals surface area contributed by atoms with Crippen LogP contribution in [0.1, 0.15) is 39.6 Å². The zero-order valence-electron chi connectivity index (χ0n) is 23.0. The summed E-state index contributed by atoms with van der Waals surface area (Å²) in [5, 5.41) is 14.5. The van der Waals surface area contributed by atoms with Crippen molar-refractivity contribution in [2.45, 2.75) is 38.6 Å². The minimum absolute atomic E-state index is 0.112. The molecule has 4 rings (SSSR count). The number of hydrogen-bond donors (Lipinski definition) is 4. The van der Waals surface area contributed by atoms with Gasteiger partial charge in [-0.25, -0.2) is 4.98 Å². The first-order valence-electron chi connectivity index (χ1n) is 13.7. The summed E-state index contributed by atoms with van der Waals surface area (Å²) in [6, 6.07) is 11.9. The summed E-state index contributed by atoms with van der Waals surface area (Å²) in [5.74, 6) is -1.08.